The van der Waals surface area contributed by atoms with E-state index >= 15 is 0 Å². The summed E-state index contributed by atoms with van der Waals surface area (Å²) in [5.74, 6) is -1.19. The number of hydrogen-bond donors (Lipinski definition) is 2. The minimum absolute atomic E-state index is 0.113. The summed E-state index contributed by atoms with van der Waals surface area (Å²) in [7, 11) is 1.57. The number of carbonyl (C=O) groups excluding carboxylic acids is 3. The van der Waals surface area contributed by atoms with Crippen LogP contribution in [0.4, 0.5) is 17.1 Å². The monoisotopic (exact) mass is 487 g/mol. The Morgan fingerprint density at radius 1 is 1.03 bits per heavy atom. The van der Waals surface area contributed by atoms with Gasteiger partial charge in [-0.1, -0.05) is 0 Å². The number of piperidine rings is 2. The van der Waals surface area contributed by atoms with E-state index in [9.17, 15) is 14.4 Å². The number of ether oxygens (including phenoxy) is 1. The lowest BCUT2D eigenvalue weighted by atomic mass is 9.76. The minimum atomic E-state index is -0.842. The van der Waals surface area contributed by atoms with E-state index in [4.69, 9.17) is 15.9 Å². The predicted molar refractivity (Wildman–Crippen MR) is 137 cm³/mol. The Balaban J connectivity index is 1.50. The number of methoxy groups -OCH3 is 1. The second-order valence-electron chi connectivity index (χ2n) is 9.68. The molecule has 1 unspecified atom stereocenters. The SMILES string of the molecule is COc1ccc(N=C2C(=O)N(c3ccc(N4CCCCC4=O)cc3)CC3(CC3)C2C(=N)C(N)=O)cc1. The quantitative estimate of drug-likeness (QED) is 0.606. The van der Waals surface area contributed by atoms with Gasteiger partial charge in [-0.05, 0) is 74.2 Å². The molecule has 2 heterocycles. The Morgan fingerprint density at radius 3 is 2.22 bits per heavy atom. The fourth-order valence-electron chi connectivity index (χ4n) is 5.23. The molecule has 3 amide bonds. The Labute approximate surface area is 209 Å². The average Bonchev–Trinajstić information content (AvgIpc) is 3.66. The van der Waals surface area contributed by atoms with Gasteiger partial charge in [0.25, 0.3) is 11.8 Å². The van der Waals surface area contributed by atoms with Crippen molar-refractivity contribution in [2.75, 3.05) is 30.0 Å². The molecule has 1 aliphatic carbocycles. The highest BCUT2D eigenvalue weighted by molar-refractivity contribution is 6.54. The van der Waals surface area contributed by atoms with Gasteiger partial charge in [-0.25, -0.2) is 4.99 Å². The van der Waals surface area contributed by atoms with Crippen molar-refractivity contribution in [2.24, 2.45) is 22.1 Å². The van der Waals surface area contributed by atoms with Crippen molar-refractivity contribution in [2.45, 2.75) is 32.1 Å². The number of nitrogens with two attached hydrogens (primary N) is 1. The average molecular weight is 488 g/mol. The first-order chi connectivity index (χ1) is 17.3. The van der Waals surface area contributed by atoms with Crippen molar-refractivity contribution in [3.8, 4) is 5.75 Å². The molecule has 0 radical (unpaired) electrons. The Bertz CT molecular complexity index is 1250. The third-order valence-corrected chi connectivity index (χ3v) is 7.39. The van der Waals surface area contributed by atoms with Crippen LogP contribution in [0.5, 0.6) is 5.75 Å². The first-order valence-electron chi connectivity index (χ1n) is 12.2. The predicted octanol–water partition coefficient (Wildman–Crippen LogP) is 3.23. The van der Waals surface area contributed by atoms with Gasteiger partial charge in [-0.2, -0.15) is 0 Å². The number of amides is 3. The summed E-state index contributed by atoms with van der Waals surface area (Å²) in [5.41, 5.74) is 6.94. The van der Waals surface area contributed by atoms with Crippen LogP contribution in [0, 0.1) is 16.7 Å². The molecule has 0 bridgehead atoms. The smallest absolute Gasteiger partial charge is 0.273 e. The highest BCUT2D eigenvalue weighted by Crippen LogP contribution is 2.56. The van der Waals surface area contributed by atoms with Gasteiger partial charge in [0, 0.05) is 36.3 Å². The lowest BCUT2D eigenvalue weighted by molar-refractivity contribution is -0.119. The molecule has 1 atom stereocenters. The zero-order chi connectivity index (χ0) is 25.4. The summed E-state index contributed by atoms with van der Waals surface area (Å²) in [6, 6.07) is 14.4. The molecule has 9 heteroatoms. The van der Waals surface area contributed by atoms with E-state index in [0.29, 0.717) is 36.6 Å². The topological polar surface area (TPSA) is 129 Å². The molecule has 0 aromatic heterocycles. The minimum Gasteiger partial charge on any atom is -0.497 e. The Hall–Kier alpha value is -4.01. The van der Waals surface area contributed by atoms with E-state index in [0.717, 1.165) is 31.4 Å². The summed E-state index contributed by atoms with van der Waals surface area (Å²) in [6.45, 7) is 1.06. The normalized spacial score (nSPS) is 22.1. The molecule has 3 N–H and O–H groups in total. The van der Waals surface area contributed by atoms with Gasteiger partial charge >= 0.3 is 0 Å². The largest absolute Gasteiger partial charge is 0.497 e. The van der Waals surface area contributed by atoms with Crippen LogP contribution >= 0.6 is 0 Å². The van der Waals surface area contributed by atoms with E-state index in [1.807, 2.05) is 24.3 Å². The Kier molecular flexibility index (Phi) is 6.07. The lowest BCUT2D eigenvalue weighted by Gasteiger charge is -2.39. The van der Waals surface area contributed by atoms with Gasteiger partial charge in [0.15, 0.2) is 0 Å². The summed E-state index contributed by atoms with van der Waals surface area (Å²) < 4.78 is 5.21. The van der Waals surface area contributed by atoms with E-state index in [2.05, 4.69) is 4.99 Å². The van der Waals surface area contributed by atoms with Crippen molar-refractivity contribution >= 4 is 46.2 Å². The highest BCUT2D eigenvalue weighted by atomic mass is 16.5. The second kappa shape index (κ2) is 9.22. The number of benzene rings is 2. The third kappa shape index (κ3) is 4.25. The number of rotatable bonds is 6. The lowest BCUT2D eigenvalue weighted by Crippen LogP contribution is -2.56. The third-order valence-electron chi connectivity index (χ3n) is 7.39. The molecule has 9 nitrogen and oxygen atoms in total. The van der Waals surface area contributed by atoms with E-state index in [1.54, 1.807) is 41.2 Å². The summed E-state index contributed by atoms with van der Waals surface area (Å²) in [4.78, 5) is 46.3. The maximum Gasteiger partial charge on any atom is 0.273 e. The van der Waals surface area contributed by atoms with Crippen molar-refractivity contribution in [3.05, 3.63) is 48.5 Å². The van der Waals surface area contributed by atoms with Crippen molar-refractivity contribution < 1.29 is 19.1 Å². The second-order valence-corrected chi connectivity index (χ2v) is 9.68. The molecule has 2 saturated heterocycles. The molecule has 3 fully saturated rings. The molecule has 36 heavy (non-hydrogen) atoms. The van der Waals surface area contributed by atoms with Gasteiger partial charge in [0.2, 0.25) is 5.91 Å². The fraction of sp³-hybridized carbons (Fsp3) is 0.370. The van der Waals surface area contributed by atoms with E-state index in [-0.39, 0.29) is 23.2 Å². The molecule has 3 aliphatic rings. The van der Waals surface area contributed by atoms with E-state index < -0.39 is 17.2 Å². The molecule has 2 aromatic rings. The van der Waals surface area contributed by atoms with Gasteiger partial charge in [-0.15, -0.1) is 0 Å². The molecule has 5 rings (SSSR count). The van der Waals surface area contributed by atoms with Crippen LogP contribution in [0.2, 0.25) is 0 Å². The molecule has 1 spiro atoms. The molecule has 2 aromatic carbocycles. The van der Waals surface area contributed by atoms with Crippen LogP contribution < -0.4 is 20.3 Å². The standard InChI is InChI=1S/C27H29N5O4/c1-36-20-11-5-17(6-12-20)30-24-22(23(28)25(29)34)27(13-14-27)16-32(26(24)35)19-9-7-18(8-10-19)31-15-3-2-4-21(31)33/h5-12,22,28H,2-4,13-16H2,1H3,(H2,29,34). The van der Waals surface area contributed by atoms with Gasteiger partial charge in [0.1, 0.15) is 17.2 Å². The highest BCUT2D eigenvalue weighted by Gasteiger charge is 2.60. The number of aliphatic imine (C=N–C) groups is 1. The molecular weight excluding hydrogens is 458 g/mol. The van der Waals surface area contributed by atoms with Crippen LogP contribution in [0.15, 0.2) is 53.5 Å². The molecular formula is C27H29N5O4. The first kappa shape index (κ1) is 23.7. The number of carbonyl (C=O) groups is 3. The van der Waals surface area contributed by atoms with E-state index in [1.165, 1.54) is 0 Å². The van der Waals surface area contributed by atoms with Gasteiger partial charge in [0.05, 0.1) is 18.7 Å². The number of nitrogens with zero attached hydrogens (tertiary/aromatic N) is 3. The molecule has 186 valence electrons. The fourth-order valence-corrected chi connectivity index (χ4v) is 5.23. The maximum absolute atomic E-state index is 13.8. The van der Waals surface area contributed by atoms with Gasteiger partial charge < -0.3 is 20.3 Å². The maximum atomic E-state index is 13.8. The first-order valence-corrected chi connectivity index (χ1v) is 12.2. The zero-order valence-corrected chi connectivity index (χ0v) is 20.2. The molecule has 1 saturated carbocycles. The number of nitrogens with one attached hydrogen (secondary N) is 1. The van der Waals surface area contributed by atoms with Crippen LogP contribution in [0.3, 0.4) is 0 Å². The van der Waals surface area contributed by atoms with Crippen LogP contribution in [0.25, 0.3) is 0 Å². The van der Waals surface area contributed by atoms with Crippen LogP contribution in [-0.2, 0) is 14.4 Å². The summed E-state index contributed by atoms with van der Waals surface area (Å²) in [6.07, 6.45) is 3.96. The molecule has 2 aliphatic heterocycles. The summed E-state index contributed by atoms with van der Waals surface area (Å²) in [5, 5.41) is 8.43. The van der Waals surface area contributed by atoms with Crippen molar-refractivity contribution in [1.29, 1.82) is 5.41 Å². The number of hydrogen-bond acceptors (Lipinski definition) is 6. The van der Waals surface area contributed by atoms with Crippen LogP contribution in [-0.4, -0.2) is 49.3 Å². The zero-order valence-electron chi connectivity index (χ0n) is 20.2. The Morgan fingerprint density at radius 2 is 1.67 bits per heavy atom. The van der Waals surface area contributed by atoms with Gasteiger partial charge in [-0.3, -0.25) is 19.8 Å². The number of primary amides is 1. The van der Waals surface area contributed by atoms with Crippen molar-refractivity contribution in [1.82, 2.24) is 0 Å². The van der Waals surface area contributed by atoms with Crippen LogP contribution in [0.1, 0.15) is 32.1 Å². The van der Waals surface area contributed by atoms with Crippen molar-refractivity contribution in [3.63, 3.8) is 0 Å². The summed E-state index contributed by atoms with van der Waals surface area (Å²) >= 11 is 0. The number of anilines is 2.